The van der Waals surface area contributed by atoms with Crippen molar-refractivity contribution < 1.29 is 9.59 Å². The number of carbonyl (C=O) groups is 2. The van der Waals surface area contributed by atoms with Gasteiger partial charge in [-0.2, -0.15) is 11.8 Å². The minimum Gasteiger partial charge on any atom is -0.326 e. The van der Waals surface area contributed by atoms with Crippen LogP contribution in [-0.4, -0.2) is 40.8 Å². The van der Waals surface area contributed by atoms with Crippen LogP contribution in [0.5, 0.6) is 0 Å². The Kier molecular flexibility index (Phi) is 4.27. The topological polar surface area (TPSA) is 63.4 Å². The van der Waals surface area contributed by atoms with Crippen molar-refractivity contribution >= 4 is 23.6 Å². The van der Waals surface area contributed by atoms with Crippen LogP contribution in [0.15, 0.2) is 24.3 Å². The summed E-state index contributed by atoms with van der Waals surface area (Å²) in [5.74, 6) is 0.467. The molecule has 5 heteroatoms. The van der Waals surface area contributed by atoms with E-state index < -0.39 is 0 Å². The van der Waals surface area contributed by atoms with Crippen molar-refractivity contribution in [1.82, 2.24) is 4.90 Å². The standard InChI is InChI=1S/C14H18N2O2S/c1-9(12(15)7-8-19-2)16-13(17)10-5-3-4-6-11(10)14(16)18/h3-6,9,12H,7-8,15H2,1-2H3/t9-,12-/m0/s1. The van der Waals surface area contributed by atoms with Gasteiger partial charge in [0.05, 0.1) is 17.2 Å². The first-order chi connectivity index (χ1) is 9.07. The molecular formula is C14H18N2O2S. The number of benzene rings is 1. The molecule has 1 heterocycles. The van der Waals surface area contributed by atoms with Gasteiger partial charge in [0, 0.05) is 6.04 Å². The maximum atomic E-state index is 12.3. The lowest BCUT2D eigenvalue weighted by Gasteiger charge is -2.27. The predicted octanol–water partition coefficient (Wildman–Crippen LogP) is 1.75. The van der Waals surface area contributed by atoms with Crippen LogP contribution >= 0.6 is 11.8 Å². The Morgan fingerprint density at radius 3 is 2.21 bits per heavy atom. The summed E-state index contributed by atoms with van der Waals surface area (Å²) >= 11 is 1.71. The number of rotatable bonds is 5. The van der Waals surface area contributed by atoms with Crippen LogP contribution in [0.1, 0.15) is 34.1 Å². The Bertz CT molecular complexity index is 469. The molecule has 102 valence electrons. The number of hydrogen-bond donors (Lipinski definition) is 1. The highest BCUT2D eigenvalue weighted by molar-refractivity contribution is 7.98. The van der Waals surface area contributed by atoms with Crippen molar-refractivity contribution in [2.75, 3.05) is 12.0 Å². The van der Waals surface area contributed by atoms with E-state index in [1.165, 1.54) is 4.90 Å². The van der Waals surface area contributed by atoms with Gasteiger partial charge in [0.2, 0.25) is 0 Å². The van der Waals surface area contributed by atoms with Crippen molar-refractivity contribution in [3.8, 4) is 0 Å². The lowest BCUT2D eigenvalue weighted by atomic mass is 10.1. The quantitative estimate of drug-likeness (QED) is 0.834. The molecule has 0 spiro atoms. The third kappa shape index (κ3) is 2.53. The molecule has 0 saturated carbocycles. The second-order valence-corrected chi connectivity index (χ2v) is 5.70. The average Bonchev–Trinajstić information content (AvgIpc) is 2.68. The van der Waals surface area contributed by atoms with Crippen LogP contribution < -0.4 is 5.73 Å². The summed E-state index contributed by atoms with van der Waals surface area (Å²) in [6.07, 6.45) is 2.80. The Morgan fingerprint density at radius 2 is 1.74 bits per heavy atom. The van der Waals surface area contributed by atoms with Gasteiger partial charge in [-0.05, 0) is 37.5 Å². The SMILES string of the molecule is CSCC[C@H](N)[C@H](C)N1C(=O)c2ccccc2C1=O. The number of amides is 2. The highest BCUT2D eigenvalue weighted by Gasteiger charge is 2.39. The molecule has 2 atom stereocenters. The first-order valence-electron chi connectivity index (χ1n) is 6.29. The molecule has 0 bridgehead atoms. The summed E-state index contributed by atoms with van der Waals surface area (Å²) in [4.78, 5) is 25.8. The van der Waals surface area contributed by atoms with Crippen LogP contribution in [-0.2, 0) is 0 Å². The summed E-state index contributed by atoms with van der Waals surface area (Å²) in [5, 5.41) is 0. The van der Waals surface area contributed by atoms with Crippen LogP contribution in [0.25, 0.3) is 0 Å². The number of fused-ring (bicyclic) bond motifs is 1. The van der Waals surface area contributed by atoms with E-state index in [-0.39, 0.29) is 23.9 Å². The Hall–Kier alpha value is -1.33. The van der Waals surface area contributed by atoms with E-state index in [2.05, 4.69) is 0 Å². The molecule has 2 N–H and O–H groups in total. The minimum atomic E-state index is -0.278. The molecule has 1 aliphatic rings. The van der Waals surface area contributed by atoms with Crippen LogP contribution in [0, 0.1) is 0 Å². The van der Waals surface area contributed by atoms with Gasteiger partial charge in [-0.1, -0.05) is 12.1 Å². The van der Waals surface area contributed by atoms with E-state index in [0.29, 0.717) is 11.1 Å². The molecular weight excluding hydrogens is 260 g/mol. The summed E-state index contributed by atoms with van der Waals surface area (Å²) in [6.45, 7) is 1.84. The van der Waals surface area contributed by atoms with Crippen molar-refractivity contribution in [2.45, 2.75) is 25.4 Å². The minimum absolute atomic E-state index is 0.185. The van der Waals surface area contributed by atoms with Crippen molar-refractivity contribution in [3.63, 3.8) is 0 Å². The zero-order chi connectivity index (χ0) is 14.0. The van der Waals surface area contributed by atoms with Gasteiger partial charge in [0.25, 0.3) is 11.8 Å². The van der Waals surface area contributed by atoms with Gasteiger partial charge in [-0.3, -0.25) is 14.5 Å². The fraction of sp³-hybridized carbons (Fsp3) is 0.429. The largest absolute Gasteiger partial charge is 0.326 e. The van der Waals surface area contributed by atoms with E-state index in [9.17, 15) is 9.59 Å². The summed E-state index contributed by atoms with van der Waals surface area (Å²) < 4.78 is 0. The summed E-state index contributed by atoms with van der Waals surface area (Å²) in [6, 6.07) is 6.46. The van der Waals surface area contributed by atoms with E-state index >= 15 is 0 Å². The zero-order valence-electron chi connectivity index (χ0n) is 11.1. The highest BCUT2D eigenvalue weighted by atomic mass is 32.2. The number of imide groups is 1. The van der Waals surface area contributed by atoms with E-state index in [1.807, 2.05) is 13.2 Å². The summed E-state index contributed by atoms with van der Waals surface area (Å²) in [5.41, 5.74) is 7.05. The average molecular weight is 278 g/mol. The first-order valence-corrected chi connectivity index (χ1v) is 7.68. The normalized spacial score (nSPS) is 17.5. The molecule has 0 fully saturated rings. The fourth-order valence-corrected chi connectivity index (χ4v) is 2.77. The molecule has 2 amide bonds. The molecule has 1 aromatic rings. The van der Waals surface area contributed by atoms with Crippen LogP contribution in [0.2, 0.25) is 0 Å². The van der Waals surface area contributed by atoms with E-state index in [4.69, 9.17) is 5.73 Å². The predicted molar refractivity (Wildman–Crippen MR) is 77.4 cm³/mol. The molecule has 0 saturated heterocycles. The fourth-order valence-electron chi connectivity index (χ4n) is 2.26. The van der Waals surface area contributed by atoms with Crippen molar-refractivity contribution in [3.05, 3.63) is 35.4 Å². The zero-order valence-corrected chi connectivity index (χ0v) is 11.9. The highest BCUT2D eigenvalue weighted by Crippen LogP contribution is 2.25. The number of hydrogen-bond acceptors (Lipinski definition) is 4. The van der Waals surface area contributed by atoms with E-state index in [0.717, 1.165) is 12.2 Å². The molecule has 19 heavy (non-hydrogen) atoms. The lowest BCUT2D eigenvalue weighted by molar-refractivity contribution is 0.0575. The number of thioether (sulfide) groups is 1. The molecule has 1 aromatic carbocycles. The molecule has 2 rings (SSSR count). The Morgan fingerprint density at radius 1 is 1.21 bits per heavy atom. The molecule has 0 radical (unpaired) electrons. The second-order valence-electron chi connectivity index (χ2n) is 4.71. The van der Waals surface area contributed by atoms with Gasteiger partial charge in [-0.15, -0.1) is 0 Å². The van der Waals surface area contributed by atoms with Gasteiger partial charge in [0.1, 0.15) is 0 Å². The molecule has 0 aromatic heterocycles. The molecule has 0 aliphatic carbocycles. The summed E-state index contributed by atoms with van der Waals surface area (Å²) in [7, 11) is 0. The smallest absolute Gasteiger partial charge is 0.261 e. The van der Waals surface area contributed by atoms with Crippen LogP contribution in [0.3, 0.4) is 0 Å². The maximum Gasteiger partial charge on any atom is 0.261 e. The van der Waals surface area contributed by atoms with Crippen molar-refractivity contribution in [1.29, 1.82) is 0 Å². The van der Waals surface area contributed by atoms with E-state index in [1.54, 1.807) is 36.0 Å². The van der Waals surface area contributed by atoms with Crippen LogP contribution in [0.4, 0.5) is 0 Å². The number of nitrogens with zero attached hydrogens (tertiary/aromatic N) is 1. The molecule has 0 unspecified atom stereocenters. The monoisotopic (exact) mass is 278 g/mol. The van der Waals surface area contributed by atoms with Gasteiger partial charge in [0.15, 0.2) is 0 Å². The first kappa shape index (κ1) is 14.1. The number of carbonyl (C=O) groups excluding carboxylic acids is 2. The molecule has 1 aliphatic heterocycles. The molecule has 4 nitrogen and oxygen atoms in total. The Balaban J connectivity index is 2.19. The number of nitrogens with two attached hydrogens (primary N) is 1. The third-order valence-corrected chi connectivity index (χ3v) is 4.15. The third-order valence-electron chi connectivity index (χ3n) is 3.51. The van der Waals surface area contributed by atoms with Gasteiger partial charge >= 0.3 is 0 Å². The van der Waals surface area contributed by atoms with Crippen molar-refractivity contribution in [2.24, 2.45) is 5.73 Å². The van der Waals surface area contributed by atoms with Gasteiger partial charge < -0.3 is 5.73 Å². The van der Waals surface area contributed by atoms with Gasteiger partial charge in [-0.25, -0.2) is 0 Å². The maximum absolute atomic E-state index is 12.3. The lowest BCUT2D eigenvalue weighted by Crippen LogP contribution is -2.48. The second kappa shape index (κ2) is 5.75. The Labute approximate surface area is 117 Å².